The minimum absolute atomic E-state index is 0.655. The number of anilines is 1. The van der Waals surface area contributed by atoms with Crippen molar-refractivity contribution >= 4 is 5.69 Å². The normalized spacial score (nSPS) is 15.7. The van der Waals surface area contributed by atoms with Gasteiger partial charge in [-0.05, 0) is 49.9 Å². The van der Waals surface area contributed by atoms with Gasteiger partial charge < -0.3 is 5.32 Å². The smallest absolute Gasteiger partial charge is 0.0994 e. The van der Waals surface area contributed by atoms with Crippen molar-refractivity contribution in [1.29, 1.82) is 5.26 Å². The maximum absolute atomic E-state index is 8.78. The molecule has 2 heteroatoms. The molecule has 0 bridgehead atoms. The molecule has 0 amide bonds. The number of hydrogen-bond donors (Lipinski definition) is 1. The standard InChI is InChI=1S/C12H14N2/c1-9-7-12(6-5-10(9)8-13)14-11-3-2-4-11/h5-7,11,14H,2-4H2,1H3. The summed E-state index contributed by atoms with van der Waals surface area (Å²) in [7, 11) is 0. The molecule has 1 saturated carbocycles. The maximum Gasteiger partial charge on any atom is 0.0994 e. The van der Waals surface area contributed by atoms with Crippen molar-refractivity contribution in [3.05, 3.63) is 29.3 Å². The summed E-state index contributed by atoms with van der Waals surface area (Å²) in [4.78, 5) is 0. The predicted octanol–water partition coefficient (Wildman–Crippen LogP) is 2.83. The van der Waals surface area contributed by atoms with Crippen LogP contribution in [-0.2, 0) is 0 Å². The van der Waals surface area contributed by atoms with Gasteiger partial charge in [-0.1, -0.05) is 0 Å². The molecular formula is C12H14N2. The summed E-state index contributed by atoms with van der Waals surface area (Å²) in [5.74, 6) is 0. The highest BCUT2D eigenvalue weighted by Crippen LogP contribution is 2.24. The first-order valence-corrected chi connectivity index (χ1v) is 5.07. The van der Waals surface area contributed by atoms with E-state index in [1.807, 2.05) is 19.1 Å². The van der Waals surface area contributed by atoms with E-state index < -0.39 is 0 Å². The Morgan fingerprint density at radius 1 is 1.43 bits per heavy atom. The van der Waals surface area contributed by atoms with Gasteiger partial charge in [0.25, 0.3) is 0 Å². The van der Waals surface area contributed by atoms with Gasteiger partial charge in [0, 0.05) is 11.7 Å². The van der Waals surface area contributed by atoms with Gasteiger partial charge in [-0.2, -0.15) is 5.26 Å². The van der Waals surface area contributed by atoms with Crippen LogP contribution in [-0.4, -0.2) is 6.04 Å². The molecule has 0 saturated heterocycles. The van der Waals surface area contributed by atoms with Gasteiger partial charge in [0.05, 0.1) is 11.6 Å². The summed E-state index contributed by atoms with van der Waals surface area (Å²) in [6.07, 6.45) is 3.89. The lowest BCUT2D eigenvalue weighted by Crippen LogP contribution is -2.26. The molecule has 1 aliphatic rings. The van der Waals surface area contributed by atoms with E-state index in [4.69, 9.17) is 5.26 Å². The van der Waals surface area contributed by atoms with Crippen molar-refractivity contribution in [1.82, 2.24) is 0 Å². The second-order valence-corrected chi connectivity index (χ2v) is 3.91. The first-order valence-electron chi connectivity index (χ1n) is 5.07. The van der Waals surface area contributed by atoms with Gasteiger partial charge in [-0.3, -0.25) is 0 Å². The quantitative estimate of drug-likeness (QED) is 0.770. The van der Waals surface area contributed by atoms with Crippen LogP contribution < -0.4 is 5.32 Å². The van der Waals surface area contributed by atoms with E-state index in [0.29, 0.717) is 6.04 Å². The Labute approximate surface area is 84.6 Å². The first kappa shape index (κ1) is 9.08. The average molecular weight is 186 g/mol. The highest BCUT2D eigenvalue weighted by Gasteiger charge is 2.16. The lowest BCUT2D eigenvalue weighted by molar-refractivity contribution is 0.445. The second kappa shape index (κ2) is 3.71. The number of hydrogen-bond acceptors (Lipinski definition) is 2. The number of nitriles is 1. The molecule has 2 rings (SSSR count). The van der Waals surface area contributed by atoms with Crippen molar-refractivity contribution in [2.24, 2.45) is 0 Å². The molecule has 0 aromatic heterocycles. The van der Waals surface area contributed by atoms with Crippen molar-refractivity contribution in [3.63, 3.8) is 0 Å². The fourth-order valence-electron chi connectivity index (χ4n) is 1.67. The van der Waals surface area contributed by atoms with Gasteiger partial charge in [-0.25, -0.2) is 0 Å². The minimum Gasteiger partial charge on any atom is -0.382 e. The molecule has 0 aliphatic heterocycles. The number of benzene rings is 1. The van der Waals surface area contributed by atoms with Crippen LogP contribution in [0.4, 0.5) is 5.69 Å². The predicted molar refractivity (Wildman–Crippen MR) is 57.2 cm³/mol. The van der Waals surface area contributed by atoms with E-state index in [1.54, 1.807) is 0 Å². The van der Waals surface area contributed by atoms with Gasteiger partial charge in [0.2, 0.25) is 0 Å². The third-order valence-corrected chi connectivity index (χ3v) is 2.82. The average Bonchev–Trinajstić information content (AvgIpc) is 2.12. The third-order valence-electron chi connectivity index (χ3n) is 2.82. The number of rotatable bonds is 2. The van der Waals surface area contributed by atoms with Crippen molar-refractivity contribution in [2.75, 3.05) is 5.32 Å². The molecule has 1 aliphatic carbocycles. The maximum atomic E-state index is 8.78. The molecular weight excluding hydrogens is 172 g/mol. The van der Waals surface area contributed by atoms with Crippen molar-refractivity contribution in [2.45, 2.75) is 32.2 Å². The highest BCUT2D eigenvalue weighted by atomic mass is 14.9. The Morgan fingerprint density at radius 2 is 2.21 bits per heavy atom. The van der Waals surface area contributed by atoms with Crippen LogP contribution in [0.15, 0.2) is 18.2 Å². The molecule has 0 unspecified atom stereocenters. The molecule has 2 nitrogen and oxygen atoms in total. The zero-order chi connectivity index (χ0) is 9.97. The van der Waals surface area contributed by atoms with Crippen LogP contribution in [0.2, 0.25) is 0 Å². The molecule has 72 valence electrons. The fourth-order valence-corrected chi connectivity index (χ4v) is 1.67. The zero-order valence-electron chi connectivity index (χ0n) is 8.38. The summed E-state index contributed by atoms with van der Waals surface area (Å²) in [6, 6.07) is 8.76. The Kier molecular flexibility index (Phi) is 2.41. The van der Waals surface area contributed by atoms with E-state index in [0.717, 1.165) is 16.8 Å². The highest BCUT2D eigenvalue weighted by molar-refractivity contribution is 5.52. The van der Waals surface area contributed by atoms with Gasteiger partial charge in [-0.15, -0.1) is 0 Å². The van der Waals surface area contributed by atoms with Crippen molar-refractivity contribution in [3.8, 4) is 6.07 Å². The summed E-state index contributed by atoms with van der Waals surface area (Å²) in [6.45, 7) is 1.98. The van der Waals surface area contributed by atoms with Crippen LogP contribution in [0.1, 0.15) is 30.4 Å². The molecule has 0 radical (unpaired) electrons. The lowest BCUT2D eigenvalue weighted by atomic mass is 9.93. The molecule has 0 atom stereocenters. The largest absolute Gasteiger partial charge is 0.382 e. The molecule has 1 aromatic rings. The zero-order valence-corrected chi connectivity index (χ0v) is 8.38. The van der Waals surface area contributed by atoms with Gasteiger partial charge in [0.15, 0.2) is 0 Å². The third kappa shape index (κ3) is 1.72. The van der Waals surface area contributed by atoms with Crippen LogP contribution in [0, 0.1) is 18.3 Å². The van der Waals surface area contributed by atoms with Crippen molar-refractivity contribution < 1.29 is 0 Å². The van der Waals surface area contributed by atoms with Gasteiger partial charge in [0.1, 0.15) is 0 Å². The first-order chi connectivity index (χ1) is 6.79. The Bertz CT molecular complexity index is 372. The van der Waals surface area contributed by atoms with E-state index >= 15 is 0 Å². The van der Waals surface area contributed by atoms with Crippen LogP contribution in [0.3, 0.4) is 0 Å². The second-order valence-electron chi connectivity index (χ2n) is 3.91. The Balaban J connectivity index is 2.12. The van der Waals surface area contributed by atoms with E-state index in [-0.39, 0.29) is 0 Å². The number of nitrogens with one attached hydrogen (secondary N) is 1. The van der Waals surface area contributed by atoms with E-state index in [9.17, 15) is 0 Å². The number of aryl methyl sites for hydroxylation is 1. The molecule has 14 heavy (non-hydrogen) atoms. The summed E-state index contributed by atoms with van der Waals surface area (Å²) >= 11 is 0. The summed E-state index contributed by atoms with van der Waals surface area (Å²) in [5, 5.41) is 12.2. The molecule has 0 spiro atoms. The SMILES string of the molecule is Cc1cc(NC2CCC2)ccc1C#N. The monoisotopic (exact) mass is 186 g/mol. The Morgan fingerprint density at radius 3 is 2.71 bits per heavy atom. The van der Waals surface area contributed by atoms with Crippen LogP contribution in [0.5, 0.6) is 0 Å². The molecule has 1 aromatic carbocycles. The number of nitrogens with zero attached hydrogens (tertiary/aromatic N) is 1. The van der Waals surface area contributed by atoms with Gasteiger partial charge >= 0.3 is 0 Å². The van der Waals surface area contributed by atoms with E-state index in [2.05, 4.69) is 17.5 Å². The van der Waals surface area contributed by atoms with Crippen LogP contribution >= 0.6 is 0 Å². The lowest BCUT2D eigenvalue weighted by Gasteiger charge is -2.27. The fraction of sp³-hybridized carbons (Fsp3) is 0.417. The molecule has 0 heterocycles. The Hall–Kier alpha value is -1.49. The van der Waals surface area contributed by atoms with Crippen LogP contribution in [0.25, 0.3) is 0 Å². The summed E-state index contributed by atoms with van der Waals surface area (Å²) < 4.78 is 0. The topological polar surface area (TPSA) is 35.8 Å². The molecule has 1 N–H and O–H groups in total. The van der Waals surface area contributed by atoms with E-state index in [1.165, 1.54) is 19.3 Å². The molecule has 1 fully saturated rings. The minimum atomic E-state index is 0.655. The summed E-state index contributed by atoms with van der Waals surface area (Å²) in [5.41, 5.74) is 2.96.